The minimum atomic E-state index is -1.02. The second-order valence-corrected chi connectivity index (χ2v) is 3.45. The molecule has 1 saturated heterocycles. The van der Waals surface area contributed by atoms with Gasteiger partial charge in [0.1, 0.15) is 24.4 Å². The smallest absolute Gasteiger partial charge is 0.111 e. The van der Waals surface area contributed by atoms with Gasteiger partial charge in [0.2, 0.25) is 0 Å². The topological polar surface area (TPSA) is 79.2 Å². The normalized spacial score (nSPS) is 37.7. The maximum atomic E-state index is 9.49. The molecule has 4 atom stereocenters. The van der Waals surface area contributed by atoms with Crippen LogP contribution in [0.15, 0.2) is 0 Å². The highest BCUT2D eigenvalue weighted by Gasteiger charge is 2.42. The van der Waals surface area contributed by atoms with E-state index in [0.717, 1.165) is 6.42 Å². The molecule has 0 unspecified atom stereocenters. The van der Waals surface area contributed by atoms with E-state index in [9.17, 15) is 10.2 Å². The van der Waals surface area contributed by atoms with E-state index in [-0.39, 0.29) is 13.2 Å². The van der Waals surface area contributed by atoms with Crippen LogP contribution in [-0.4, -0.2) is 59.6 Å². The maximum Gasteiger partial charge on any atom is 0.111 e. The first kappa shape index (κ1) is 11.9. The minimum absolute atomic E-state index is 0.253. The van der Waals surface area contributed by atoms with E-state index in [4.69, 9.17) is 14.6 Å². The lowest BCUT2D eigenvalue weighted by Gasteiger charge is -2.14. The Bertz CT molecular complexity index is 163. The van der Waals surface area contributed by atoms with Crippen LogP contribution >= 0.6 is 0 Å². The molecule has 1 aliphatic heterocycles. The number of ether oxygens (including phenoxy) is 2. The van der Waals surface area contributed by atoms with E-state index in [1.54, 1.807) is 0 Å². The predicted octanol–water partition coefficient (Wildman–Crippen LogP) is -1.11. The Morgan fingerprint density at radius 1 is 1.21 bits per heavy atom. The van der Waals surface area contributed by atoms with Crippen molar-refractivity contribution in [2.24, 2.45) is 0 Å². The van der Waals surface area contributed by atoms with Crippen molar-refractivity contribution in [3.63, 3.8) is 0 Å². The molecule has 0 aliphatic carbocycles. The van der Waals surface area contributed by atoms with Crippen molar-refractivity contribution in [2.75, 3.05) is 19.8 Å². The van der Waals surface area contributed by atoms with Crippen molar-refractivity contribution < 1.29 is 24.8 Å². The van der Waals surface area contributed by atoms with Crippen LogP contribution in [0.5, 0.6) is 0 Å². The van der Waals surface area contributed by atoms with Gasteiger partial charge >= 0.3 is 0 Å². The van der Waals surface area contributed by atoms with Crippen molar-refractivity contribution >= 4 is 0 Å². The second-order valence-electron chi connectivity index (χ2n) is 3.45. The summed E-state index contributed by atoms with van der Waals surface area (Å²) in [5, 5.41) is 27.7. The minimum Gasteiger partial charge on any atom is -0.394 e. The molecule has 3 N–H and O–H groups in total. The summed E-state index contributed by atoms with van der Waals surface area (Å²) in [6.45, 7) is 2.55. The maximum absolute atomic E-state index is 9.49. The lowest BCUT2D eigenvalue weighted by molar-refractivity contribution is -0.0556. The Labute approximate surface area is 83.3 Å². The van der Waals surface area contributed by atoms with Gasteiger partial charge in [-0.05, 0) is 6.42 Å². The Hall–Kier alpha value is -0.200. The summed E-state index contributed by atoms with van der Waals surface area (Å²) in [7, 11) is 0. The molecular weight excluding hydrogens is 188 g/mol. The van der Waals surface area contributed by atoms with Gasteiger partial charge in [0, 0.05) is 6.61 Å². The standard InChI is InChI=1S/C9H18O5/c1-2-3-13-5-7-9(12)8(11)6(4-10)14-7/h6-12H,2-5H2,1H3/t6-,7+,8-,9-/m1/s1. The quantitative estimate of drug-likeness (QED) is 0.497. The van der Waals surface area contributed by atoms with Gasteiger partial charge in [0.25, 0.3) is 0 Å². The average molecular weight is 206 g/mol. The monoisotopic (exact) mass is 206 g/mol. The summed E-state index contributed by atoms with van der Waals surface area (Å²) in [6.07, 6.45) is -2.32. The van der Waals surface area contributed by atoms with Gasteiger partial charge in [0.05, 0.1) is 13.2 Å². The van der Waals surface area contributed by atoms with Gasteiger partial charge < -0.3 is 24.8 Å². The van der Waals surface area contributed by atoms with Crippen molar-refractivity contribution in [1.29, 1.82) is 0 Å². The summed E-state index contributed by atoms with van der Waals surface area (Å²) in [5.41, 5.74) is 0. The molecular formula is C9H18O5. The van der Waals surface area contributed by atoms with E-state index >= 15 is 0 Å². The van der Waals surface area contributed by atoms with Gasteiger partial charge in [-0.25, -0.2) is 0 Å². The molecule has 0 amide bonds. The number of aliphatic hydroxyl groups is 3. The first-order valence-electron chi connectivity index (χ1n) is 4.90. The zero-order valence-electron chi connectivity index (χ0n) is 8.30. The third kappa shape index (κ3) is 2.65. The molecule has 84 valence electrons. The number of rotatable bonds is 5. The molecule has 5 heteroatoms. The Morgan fingerprint density at radius 3 is 2.36 bits per heavy atom. The van der Waals surface area contributed by atoms with Crippen molar-refractivity contribution in [2.45, 2.75) is 37.8 Å². The molecule has 1 fully saturated rings. The van der Waals surface area contributed by atoms with Crippen molar-refractivity contribution in [3.05, 3.63) is 0 Å². The van der Waals surface area contributed by atoms with E-state index in [1.165, 1.54) is 0 Å². The lowest BCUT2D eigenvalue weighted by atomic mass is 10.1. The molecule has 0 aromatic carbocycles. The fourth-order valence-corrected chi connectivity index (χ4v) is 1.46. The third-order valence-electron chi connectivity index (χ3n) is 2.27. The molecule has 0 bridgehead atoms. The van der Waals surface area contributed by atoms with Crippen LogP contribution in [0.1, 0.15) is 13.3 Å². The SMILES string of the molecule is CCCOC[C@@H]1O[C@H](CO)[C@@H](O)[C@@H]1O. The van der Waals surface area contributed by atoms with Crippen LogP contribution in [-0.2, 0) is 9.47 Å². The van der Waals surface area contributed by atoms with Crippen molar-refractivity contribution in [1.82, 2.24) is 0 Å². The van der Waals surface area contributed by atoms with Crippen LogP contribution in [0, 0.1) is 0 Å². The second kappa shape index (κ2) is 5.63. The molecule has 0 saturated carbocycles. The van der Waals surface area contributed by atoms with Gasteiger partial charge in [-0.3, -0.25) is 0 Å². The summed E-state index contributed by atoms with van der Waals surface area (Å²) >= 11 is 0. The summed E-state index contributed by atoms with van der Waals surface area (Å²) in [4.78, 5) is 0. The van der Waals surface area contributed by atoms with Gasteiger partial charge in [0.15, 0.2) is 0 Å². The lowest BCUT2D eigenvalue weighted by Crippen LogP contribution is -2.35. The van der Waals surface area contributed by atoms with E-state index in [1.807, 2.05) is 6.92 Å². The molecule has 5 nitrogen and oxygen atoms in total. The van der Waals surface area contributed by atoms with Crippen LogP contribution in [0.25, 0.3) is 0 Å². The highest BCUT2D eigenvalue weighted by Crippen LogP contribution is 2.21. The first-order valence-corrected chi connectivity index (χ1v) is 4.90. The first-order chi connectivity index (χ1) is 6.70. The van der Waals surface area contributed by atoms with Crippen molar-refractivity contribution in [3.8, 4) is 0 Å². The fourth-order valence-electron chi connectivity index (χ4n) is 1.46. The van der Waals surface area contributed by atoms with Gasteiger partial charge in [-0.15, -0.1) is 0 Å². The van der Waals surface area contributed by atoms with Gasteiger partial charge in [-0.1, -0.05) is 6.92 Å². The molecule has 0 aromatic rings. The third-order valence-corrected chi connectivity index (χ3v) is 2.27. The summed E-state index contributed by atoms with van der Waals surface area (Å²) in [6, 6.07) is 0. The molecule has 0 aromatic heterocycles. The molecule has 0 radical (unpaired) electrons. The molecule has 1 aliphatic rings. The molecule has 14 heavy (non-hydrogen) atoms. The van der Waals surface area contributed by atoms with E-state index in [2.05, 4.69) is 0 Å². The molecule has 1 heterocycles. The van der Waals surface area contributed by atoms with Gasteiger partial charge in [-0.2, -0.15) is 0 Å². The Morgan fingerprint density at radius 2 is 1.86 bits per heavy atom. The van der Waals surface area contributed by atoms with Crippen LogP contribution in [0.3, 0.4) is 0 Å². The Kier molecular flexibility index (Phi) is 4.77. The zero-order valence-corrected chi connectivity index (χ0v) is 8.30. The Balaban J connectivity index is 2.32. The fraction of sp³-hybridized carbons (Fsp3) is 1.00. The largest absolute Gasteiger partial charge is 0.394 e. The number of aliphatic hydroxyl groups excluding tert-OH is 3. The van der Waals surface area contributed by atoms with E-state index in [0.29, 0.717) is 6.61 Å². The molecule has 1 rings (SSSR count). The summed E-state index contributed by atoms with van der Waals surface area (Å²) < 4.78 is 10.4. The number of hydrogen-bond acceptors (Lipinski definition) is 5. The highest BCUT2D eigenvalue weighted by atomic mass is 16.6. The van der Waals surface area contributed by atoms with Crippen LogP contribution in [0.4, 0.5) is 0 Å². The highest BCUT2D eigenvalue weighted by molar-refractivity contribution is 4.90. The number of hydrogen-bond donors (Lipinski definition) is 3. The van der Waals surface area contributed by atoms with Crippen LogP contribution < -0.4 is 0 Å². The van der Waals surface area contributed by atoms with Crippen LogP contribution in [0.2, 0.25) is 0 Å². The summed E-state index contributed by atoms with van der Waals surface area (Å²) in [5.74, 6) is 0. The molecule has 0 spiro atoms. The van der Waals surface area contributed by atoms with E-state index < -0.39 is 24.4 Å². The average Bonchev–Trinajstić information content (AvgIpc) is 2.46. The predicted molar refractivity (Wildman–Crippen MR) is 48.9 cm³/mol. The zero-order chi connectivity index (χ0) is 10.6.